The van der Waals surface area contributed by atoms with Crippen LogP contribution in [-0.4, -0.2) is 67.7 Å². The summed E-state index contributed by atoms with van der Waals surface area (Å²) in [5.41, 5.74) is -0.0854. The second kappa shape index (κ2) is 8.83. The van der Waals surface area contributed by atoms with E-state index in [9.17, 15) is 24.3 Å². The van der Waals surface area contributed by atoms with E-state index < -0.39 is 29.2 Å². The first kappa shape index (κ1) is 21.8. The zero-order valence-corrected chi connectivity index (χ0v) is 17.8. The number of carboxylic acid groups (broad SMARTS) is 1. The largest absolute Gasteiger partial charge is 0.477 e. The van der Waals surface area contributed by atoms with E-state index >= 15 is 0 Å². The van der Waals surface area contributed by atoms with Gasteiger partial charge in [-0.3, -0.25) is 19.3 Å². The number of oxime groups is 1. The molecule has 13 heteroatoms. The third-order valence-corrected chi connectivity index (χ3v) is 6.15. The lowest BCUT2D eigenvalue weighted by molar-refractivity contribution is -0.150. The predicted octanol–water partition coefficient (Wildman–Crippen LogP) is 0.597. The third kappa shape index (κ3) is 4.31. The minimum Gasteiger partial charge on any atom is -0.477 e. The molecule has 0 bridgehead atoms. The van der Waals surface area contributed by atoms with Crippen LogP contribution in [0, 0.1) is 0 Å². The highest BCUT2D eigenvalue weighted by Gasteiger charge is 2.54. The topological polar surface area (TPSA) is 150 Å². The average Bonchev–Trinajstić information content (AvgIpc) is 3.13. The molecule has 0 spiro atoms. The lowest BCUT2D eigenvalue weighted by Gasteiger charge is -2.49. The van der Waals surface area contributed by atoms with Crippen molar-refractivity contribution in [2.24, 2.45) is 5.16 Å². The molecule has 0 aliphatic carbocycles. The molecule has 1 aromatic heterocycles. The Morgan fingerprint density at radius 3 is 2.80 bits per heavy atom. The van der Waals surface area contributed by atoms with Crippen molar-refractivity contribution in [3.05, 3.63) is 22.8 Å². The summed E-state index contributed by atoms with van der Waals surface area (Å²) in [5.74, 6) is -2.42. The summed E-state index contributed by atoms with van der Waals surface area (Å²) in [5, 5.41) is 19.3. The molecule has 0 radical (unpaired) electrons. The zero-order chi connectivity index (χ0) is 22.0. The van der Waals surface area contributed by atoms with Crippen LogP contribution in [0.4, 0.5) is 5.13 Å². The van der Waals surface area contributed by atoms with E-state index in [0.717, 1.165) is 16.2 Å². The minimum atomic E-state index is -1.20. The molecule has 0 saturated carbocycles. The molecule has 0 aromatic carbocycles. The van der Waals surface area contributed by atoms with Gasteiger partial charge in [-0.1, -0.05) is 5.16 Å². The lowest BCUT2D eigenvalue weighted by atomic mass is 10.0. The van der Waals surface area contributed by atoms with Crippen molar-refractivity contribution >= 4 is 58.1 Å². The van der Waals surface area contributed by atoms with Gasteiger partial charge in [0.05, 0.1) is 0 Å². The van der Waals surface area contributed by atoms with Crippen molar-refractivity contribution in [2.75, 3.05) is 5.32 Å². The fourth-order valence-corrected chi connectivity index (χ4v) is 4.78. The van der Waals surface area contributed by atoms with Crippen LogP contribution >= 0.6 is 23.1 Å². The molecule has 30 heavy (non-hydrogen) atoms. The van der Waals surface area contributed by atoms with Crippen molar-refractivity contribution in [2.45, 2.75) is 43.5 Å². The number of nitrogens with one attached hydrogen (secondary N) is 2. The Kier molecular flexibility index (Phi) is 6.41. The number of anilines is 1. The summed E-state index contributed by atoms with van der Waals surface area (Å²) < 4.78 is 0. The molecule has 2 unspecified atom stereocenters. The van der Waals surface area contributed by atoms with Crippen LogP contribution in [0.15, 0.2) is 22.3 Å². The van der Waals surface area contributed by atoms with Crippen molar-refractivity contribution in [1.29, 1.82) is 0 Å². The number of aromatic nitrogens is 1. The summed E-state index contributed by atoms with van der Waals surface area (Å²) in [6.07, 6.45) is 1.65. The minimum absolute atomic E-state index is 0.0946. The Morgan fingerprint density at radius 2 is 2.17 bits per heavy atom. The van der Waals surface area contributed by atoms with Gasteiger partial charge in [0.25, 0.3) is 11.8 Å². The van der Waals surface area contributed by atoms with E-state index in [1.54, 1.807) is 13.8 Å². The Hall–Kier alpha value is -2.93. The van der Waals surface area contributed by atoms with Crippen molar-refractivity contribution in [3.63, 3.8) is 0 Å². The molecule has 1 aromatic rings. The second-order valence-electron chi connectivity index (χ2n) is 6.64. The van der Waals surface area contributed by atoms with Crippen molar-refractivity contribution in [3.8, 4) is 0 Å². The number of hydrogen-bond donors (Lipinski definition) is 3. The molecular formula is C17H19N5O6S2. The van der Waals surface area contributed by atoms with Gasteiger partial charge in [0.1, 0.15) is 28.9 Å². The molecule has 3 N–H and O–H groups in total. The number of aliphatic carboxylic acids is 1. The van der Waals surface area contributed by atoms with Gasteiger partial charge >= 0.3 is 5.97 Å². The molecule has 2 aliphatic rings. The highest BCUT2D eigenvalue weighted by atomic mass is 32.2. The Balaban J connectivity index is 1.80. The fourth-order valence-electron chi connectivity index (χ4n) is 2.80. The van der Waals surface area contributed by atoms with Gasteiger partial charge in [-0.2, -0.15) is 0 Å². The SMILES string of the molecule is CC(C)ON=C(C(=O)NC1C(=O)N2C(C(=O)O)=CC(C)S[C@H]12)c1csc(NC=O)n1. The third-order valence-electron chi connectivity index (χ3n) is 4.05. The quantitative estimate of drug-likeness (QED) is 0.224. The van der Waals surface area contributed by atoms with Gasteiger partial charge < -0.3 is 20.6 Å². The maximum atomic E-state index is 12.9. The summed E-state index contributed by atoms with van der Waals surface area (Å²) in [4.78, 5) is 57.9. The van der Waals surface area contributed by atoms with Crippen LogP contribution in [0.3, 0.4) is 0 Å². The molecule has 1 saturated heterocycles. The summed E-state index contributed by atoms with van der Waals surface area (Å²) in [6.45, 7) is 5.27. The van der Waals surface area contributed by atoms with E-state index in [-0.39, 0.29) is 33.6 Å². The number of carbonyl (C=O) groups is 4. The number of fused-ring (bicyclic) bond motifs is 1. The van der Waals surface area contributed by atoms with Crippen LogP contribution in [-0.2, 0) is 24.0 Å². The molecular weight excluding hydrogens is 434 g/mol. The number of amides is 3. The maximum absolute atomic E-state index is 12.9. The highest BCUT2D eigenvalue weighted by molar-refractivity contribution is 8.00. The number of carboxylic acids is 1. The zero-order valence-electron chi connectivity index (χ0n) is 16.2. The molecule has 3 rings (SSSR count). The first-order valence-corrected chi connectivity index (χ1v) is 10.7. The van der Waals surface area contributed by atoms with Gasteiger partial charge in [-0.15, -0.1) is 23.1 Å². The van der Waals surface area contributed by atoms with E-state index in [0.29, 0.717) is 6.41 Å². The molecule has 2 aliphatic heterocycles. The molecule has 3 heterocycles. The van der Waals surface area contributed by atoms with Gasteiger partial charge in [0.15, 0.2) is 10.8 Å². The van der Waals surface area contributed by atoms with Crippen molar-refractivity contribution < 1.29 is 29.1 Å². The predicted molar refractivity (Wildman–Crippen MR) is 110 cm³/mol. The summed E-state index contributed by atoms with van der Waals surface area (Å²) >= 11 is 2.46. The summed E-state index contributed by atoms with van der Waals surface area (Å²) in [7, 11) is 0. The number of hydrogen-bond acceptors (Lipinski definition) is 9. The Labute approximate surface area is 179 Å². The monoisotopic (exact) mass is 453 g/mol. The number of nitrogens with zero attached hydrogens (tertiary/aromatic N) is 3. The van der Waals surface area contributed by atoms with E-state index in [1.165, 1.54) is 23.2 Å². The van der Waals surface area contributed by atoms with E-state index in [1.807, 2.05) is 6.92 Å². The first-order valence-electron chi connectivity index (χ1n) is 8.87. The first-order chi connectivity index (χ1) is 14.2. The van der Waals surface area contributed by atoms with Gasteiger partial charge in [-0.25, -0.2) is 9.78 Å². The van der Waals surface area contributed by atoms with Gasteiger partial charge in [0.2, 0.25) is 6.41 Å². The fraction of sp³-hybridized carbons (Fsp3) is 0.412. The lowest BCUT2D eigenvalue weighted by Crippen LogP contribution is -2.71. The molecule has 11 nitrogen and oxygen atoms in total. The smallest absolute Gasteiger partial charge is 0.352 e. The molecule has 160 valence electrons. The van der Waals surface area contributed by atoms with Crippen LogP contribution < -0.4 is 10.6 Å². The molecule has 3 atom stereocenters. The number of thioether (sulfide) groups is 1. The van der Waals surface area contributed by atoms with Gasteiger partial charge in [-0.05, 0) is 26.8 Å². The second-order valence-corrected chi connectivity index (χ2v) is 9.00. The molecule has 3 amide bonds. The van der Waals surface area contributed by atoms with Crippen LogP contribution in [0.25, 0.3) is 0 Å². The normalized spacial score (nSPS) is 23.3. The number of carbonyl (C=O) groups excluding carboxylic acids is 3. The number of thiazole rings is 1. The van der Waals surface area contributed by atoms with Gasteiger partial charge in [0, 0.05) is 10.6 Å². The average molecular weight is 454 g/mol. The Bertz CT molecular complexity index is 943. The molecule has 1 fully saturated rings. The highest BCUT2D eigenvalue weighted by Crippen LogP contribution is 2.40. The number of rotatable bonds is 8. The summed E-state index contributed by atoms with van der Waals surface area (Å²) in [6, 6.07) is -0.913. The Morgan fingerprint density at radius 1 is 1.43 bits per heavy atom. The van der Waals surface area contributed by atoms with E-state index in [4.69, 9.17) is 4.84 Å². The number of β-lactam (4-membered cyclic amide) rings is 1. The van der Waals surface area contributed by atoms with Crippen LogP contribution in [0.5, 0.6) is 0 Å². The maximum Gasteiger partial charge on any atom is 0.352 e. The van der Waals surface area contributed by atoms with Crippen LogP contribution in [0.1, 0.15) is 26.5 Å². The van der Waals surface area contributed by atoms with Crippen LogP contribution in [0.2, 0.25) is 0 Å². The van der Waals surface area contributed by atoms with Crippen molar-refractivity contribution in [1.82, 2.24) is 15.2 Å². The standard InChI is InChI=1S/C17H19N5O6S2/c1-7(2)28-21-11(9-5-29-17(19-9)18-6-23)13(24)20-12-14(25)22-10(16(26)27)4-8(3)30-15(12)22/h4-8,12,15H,1-3H3,(H,20,24)(H,26,27)(H,18,19,23)/t8?,12?,15-/m1/s1. The van der Waals surface area contributed by atoms with E-state index in [2.05, 4.69) is 20.8 Å².